The summed E-state index contributed by atoms with van der Waals surface area (Å²) in [4.78, 5) is 15.5. The first-order chi connectivity index (χ1) is 15.5. The minimum absolute atomic E-state index is 0.0832. The van der Waals surface area contributed by atoms with Crippen LogP contribution in [-0.4, -0.2) is 36.3 Å². The van der Waals surface area contributed by atoms with Crippen molar-refractivity contribution in [3.63, 3.8) is 0 Å². The summed E-state index contributed by atoms with van der Waals surface area (Å²) >= 11 is 0. The molecule has 166 valence electrons. The van der Waals surface area contributed by atoms with Gasteiger partial charge in [0.05, 0.1) is 24.6 Å². The fraction of sp³-hybridized carbons (Fsp3) is 0.308. The Bertz CT molecular complexity index is 1130. The van der Waals surface area contributed by atoms with Gasteiger partial charge >= 0.3 is 5.97 Å². The maximum Gasteiger partial charge on any atom is 0.337 e. The van der Waals surface area contributed by atoms with Crippen LogP contribution in [0.2, 0.25) is 0 Å². The van der Waals surface area contributed by atoms with Gasteiger partial charge in [0, 0.05) is 24.3 Å². The maximum absolute atomic E-state index is 11.5. The second kappa shape index (κ2) is 9.40. The highest BCUT2D eigenvalue weighted by atomic mass is 16.5. The molecule has 0 amide bonds. The topological polar surface area (TPSA) is 83.5 Å². The van der Waals surface area contributed by atoms with Crippen LogP contribution in [0.15, 0.2) is 54.9 Å². The number of nitrogens with zero attached hydrogens (tertiary/aromatic N) is 1. The summed E-state index contributed by atoms with van der Waals surface area (Å²) in [5.74, 6) is 0.373. The van der Waals surface area contributed by atoms with Crippen LogP contribution < -0.4 is 15.4 Å². The molecule has 1 aliphatic heterocycles. The van der Waals surface area contributed by atoms with Gasteiger partial charge in [-0.1, -0.05) is 44.2 Å². The molecule has 4 rings (SSSR count). The molecule has 6 nitrogen and oxygen atoms in total. The fourth-order valence-electron chi connectivity index (χ4n) is 4.24. The summed E-state index contributed by atoms with van der Waals surface area (Å²) in [5, 5.41) is 16.2. The van der Waals surface area contributed by atoms with E-state index in [0.717, 1.165) is 29.8 Å². The number of anilines is 1. The molecule has 2 heterocycles. The zero-order valence-corrected chi connectivity index (χ0v) is 18.7. The van der Waals surface area contributed by atoms with Crippen LogP contribution in [0.5, 0.6) is 5.75 Å². The molecule has 6 heteroatoms. The number of aromatic carboxylic acids is 1. The number of hydrogen-bond acceptors (Lipinski definition) is 5. The average molecular weight is 432 g/mol. The summed E-state index contributed by atoms with van der Waals surface area (Å²) in [6.45, 7) is 5.80. The van der Waals surface area contributed by atoms with Gasteiger partial charge in [0.2, 0.25) is 0 Å². The van der Waals surface area contributed by atoms with E-state index in [-0.39, 0.29) is 11.6 Å². The van der Waals surface area contributed by atoms with Gasteiger partial charge in [-0.3, -0.25) is 4.98 Å². The highest BCUT2D eigenvalue weighted by Crippen LogP contribution is 2.35. The number of carboxylic acids is 1. The quantitative estimate of drug-likeness (QED) is 0.495. The van der Waals surface area contributed by atoms with Crippen LogP contribution in [0.25, 0.3) is 11.1 Å². The number of fused-ring (bicyclic) bond motifs is 1. The van der Waals surface area contributed by atoms with Crippen molar-refractivity contribution in [3.8, 4) is 16.9 Å². The van der Waals surface area contributed by atoms with E-state index in [9.17, 15) is 9.90 Å². The summed E-state index contributed by atoms with van der Waals surface area (Å²) in [7, 11) is 1.72. The van der Waals surface area contributed by atoms with E-state index in [2.05, 4.69) is 65.9 Å². The first kappa shape index (κ1) is 21.8. The molecule has 0 aliphatic carbocycles. The van der Waals surface area contributed by atoms with E-state index in [1.54, 1.807) is 13.3 Å². The molecule has 1 aliphatic rings. The Morgan fingerprint density at radius 3 is 2.84 bits per heavy atom. The third-order valence-corrected chi connectivity index (χ3v) is 6.05. The molecule has 0 spiro atoms. The van der Waals surface area contributed by atoms with E-state index in [1.165, 1.54) is 29.0 Å². The molecule has 3 N–H and O–H groups in total. The third kappa shape index (κ3) is 4.46. The number of ether oxygens (including phenoxy) is 1. The number of carboxylic acid groups (broad SMARTS) is 1. The summed E-state index contributed by atoms with van der Waals surface area (Å²) < 4.78 is 5.70. The lowest BCUT2D eigenvalue weighted by molar-refractivity contribution is 0.0697. The number of benzene rings is 2. The summed E-state index contributed by atoms with van der Waals surface area (Å²) in [5.41, 5.74) is 6.77. The zero-order chi connectivity index (χ0) is 22.7. The van der Waals surface area contributed by atoms with Crippen molar-refractivity contribution >= 4 is 11.7 Å². The fourth-order valence-corrected chi connectivity index (χ4v) is 4.24. The lowest BCUT2D eigenvalue weighted by Gasteiger charge is -2.28. The lowest BCUT2D eigenvalue weighted by atomic mass is 9.90. The predicted octanol–water partition coefficient (Wildman–Crippen LogP) is 4.88. The van der Waals surface area contributed by atoms with Crippen molar-refractivity contribution in [2.24, 2.45) is 0 Å². The Hall–Kier alpha value is -3.38. The van der Waals surface area contributed by atoms with Crippen LogP contribution in [0.1, 0.15) is 52.9 Å². The second-order valence-corrected chi connectivity index (χ2v) is 8.39. The zero-order valence-electron chi connectivity index (χ0n) is 18.7. The SMILES string of the molecule is COc1cc(C(C)C)ccc1-c1ccc2c(c1)CCN[C@H]2CNc1cnccc1C(=O)O. The van der Waals surface area contributed by atoms with Crippen molar-refractivity contribution in [3.05, 3.63) is 77.1 Å². The molecule has 1 atom stereocenters. The van der Waals surface area contributed by atoms with Gasteiger partial charge < -0.3 is 20.5 Å². The minimum Gasteiger partial charge on any atom is -0.496 e. The largest absolute Gasteiger partial charge is 0.496 e. The molecule has 3 aromatic rings. The van der Waals surface area contributed by atoms with Crippen LogP contribution in [0.4, 0.5) is 5.69 Å². The molecule has 2 aromatic carbocycles. The smallest absolute Gasteiger partial charge is 0.337 e. The van der Waals surface area contributed by atoms with Crippen molar-refractivity contribution < 1.29 is 14.6 Å². The Morgan fingerprint density at radius 2 is 2.09 bits per heavy atom. The molecular formula is C26H29N3O3. The van der Waals surface area contributed by atoms with Crippen molar-refractivity contribution in [2.75, 3.05) is 25.5 Å². The number of nitrogens with one attached hydrogen (secondary N) is 2. The van der Waals surface area contributed by atoms with E-state index in [0.29, 0.717) is 18.2 Å². The standard InChI is InChI=1S/C26H29N3O3/c1-16(2)17-4-7-21(25(13-17)32-3)18-5-6-20-19(12-18)8-11-28-24(20)15-29-23-14-27-10-9-22(23)26(30)31/h4-7,9-10,12-14,16,24,28-29H,8,11,15H2,1-3H3,(H,30,31)/t24-/m0/s1. The molecule has 32 heavy (non-hydrogen) atoms. The highest BCUT2D eigenvalue weighted by Gasteiger charge is 2.21. The molecular weight excluding hydrogens is 402 g/mol. The lowest BCUT2D eigenvalue weighted by Crippen LogP contribution is -2.34. The van der Waals surface area contributed by atoms with Gasteiger partial charge in [0.15, 0.2) is 0 Å². The van der Waals surface area contributed by atoms with Crippen LogP contribution >= 0.6 is 0 Å². The van der Waals surface area contributed by atoms with Crippen molar-refractivity contribution in [2.45, 2.75) is 32.2 Å². The molecule has 0 saturated carbocycles. The Labute approximate surface area is 188 Å². The number of aromatic nitrogens is 1. The van der Waals surface area contributed by atoms with E-state index in [1.807, 2.05) is 0 Å². The average Bonchev–Trinajstić information content (AvgIpc) is 2.81. The number of rotatable bonds is 7. The minimum atomic E-state index is -0.964. The van der Waals surface area contributed by atoms with Crippen LogP contribution in [0, 0.1) is 0 Å². The monoisotopic (exact) mass is 431 g/mol. The number of hydrogen-bond donors (Lipinski definition) is 3. The number of methoxy groups -OCH3 is 1. The summed E-state index contributed by atoms with van der Waals surface area (Å²) in [6.07, 6.45) is 4.00. The third-order valence-electron chi connectivity index (χ3n) is 6.05. The van der Waals surface area contributed by atoms with Gasteiger partial charge in [0.1, 0.15) is 5.75 Å². The van der Waals surface area contributed by atoms with Crippen molar-refractivity contribution in [1.29, 1.82) is 0 Å². The first-order valence-electron chi connectivity index (χ1n) is 10.9. The Balaban J connectivity index is 1.58. The van der Waals surface area contributed by atoms with Gasteiger partial charge in [-0.15, -0.1) is 0 Å². The Kier molecular flexibility index (Phi) is 6.42. The summed E-state index contributed by atoms with van der Waals surface area (Å²) in [6, 6.07) is 14.6. The normalized spacial score (nSPS) is 15.3. The molecule has 0 fully saturated rings. The van der Waals surface area contributed by atoms with Crippen molar-refractivity contribution in [1.82, 2.24) is 10.3 Å². The Morgan fingerprint density at radius 1 is 1.25 bits per heavy atom. The number of pyridine rings is 1. The molecule has 0 radical (unpaired) electrons. The van der Waals surface area contributed by atoms with E-state index in [4.69, 9.17) is 4.74 Å². The molecule has 1 aromatic heterocycles. The number of carbonyl (C=O) groups is 1. The molecule has 0 saturated heterocycles. The van der Waals surface area contributed by atoms with Crippen LogP contribution in [-0.2, 0) is 6.42 Å². The van der Waals surface area contributed by atoms with Gasteiger partial charge in [-0.2, -0.15) is 0 Å². The van der Waals surface area contributed by atoms with E-state index < -0.39 is 5.97 Å². The highest BCUT2D eigenvalue weighted by molar-refractivity contribution is 5.93. The van der Waals surface area contributed by atoms with Gasteiger partial charge in [-0.25, -0.2) is 4.79 Å². The van der Waals surface area contributed by atoms with Gasteiger partial charge in [-0.05, 0) is 53.3 Å². The second-order valence-electron chi connectivity index (χ2n) is 8.39. The molecule has 0 unspecified atom stereocenters. The predicted molar refractivity (Wildman–Crippen MR) is 127 cm³/mol. The van der Waals surface area contributed by atoms with Gasteiger partial charge in [0.25, 0.3) is 0 Å². The maximum atomic E-state index is 11.5. The first-order valence-corrected chi connectivity index (χ1v) is 10.9. The van der Waals surface area contributed by atoms with Crippen LogP contribution in [0.3, 0.4) is 0 Å². The molecule has 0 bridgehead atoms. The van der Waals surface area contributed by atoms with E-state index >= 15 is 0 Å².